The number of aromatic nitrogens is 2. The van der Waals surface area contributed by atoms with Gasteiger partial charge in [0, 0.05) is 47.3 Å². The summed E-state index contributed by atoms with van der Waals surface area (Å²) in [5.41, 5.74) is 5.61. The van der Waals surface area contributed by atoms with E-state index in [1.807, 2.05) is 67.7 Å². The number of nitrogens with one attached hydrogen (secondary N) is 2. The zero-order valence-corrected chi connectivity index (χ0v) is 19.6. The zero-order chi connectivity index (χ0) is 24.0. The number of morpholine rings is 1. The Bertz CT molecular complexity index is 1360. The molecule has 4 aromatic rings. The molecule has 1 aromatic heterocycles. The Balaban J connectivity index is 1.40. The number of hydrogen-bond acceptors (Lipinski definition) is 6. The molecule has 0 spiro atoms. The van der Waals surface area contributed by atoms with Crippen molar-refractivity contribution >= 4 is 39.8 Å². The van der Waals surface area contributed by atoms with Crippen LogP contribution in [0, 0.1) is 0 Å². The van der Waals surface area contributed by atoms with Crippen LogP contribution in [0.1, 0.15) is 6.92 Å². The van der Waals surface area contributed by atoms with Crippen LogP contribution in [0.4, 0.5) is 23.0 Å². The molecule has 1 amide bonds. The van der Waals surface area contributed by atoms with Crippen molar-refractivity contribution < 1.29 is 9.53 Å². The van der Waals surface area contributed by atoms with Gasteiger partial charge < -0.3 is 20.3 Å². The Hall–Kier alpha value is -4.23. The molecule has 0 saturated carbocycles. The molecule has 176 valence electrons. The summed E-state index contributed by atoms with van der Waals surface area (Å²) in [5.74, 6) is 0.373. The molecule has 0 bridgehead atoms. The minimum Gasteiger partial charge on any atom is -0.378 e. The number of nitrogens with zero attached hydrogens (tertiary/aromatic N) is 3. The summed E-state index contributed by atoms with van der Waals surface area (Å²) >= 11 is 0. The van der Waals surface area contributed by atoms with E-state index in [4.69, 9.17) is 9.72 Å². The topological polar surface area (TPSA) is 79.4 Å². The third-order valence-corrected chi connectivity index (χ3v) is 5.87. The first-order valence-corrected chi connectivity index (χ1v) is 11.7. The second-order valence-electron chi connectivity index (χ2n) is 8.28. The van der Waals surface area contributed by atoms with Gasteiger partial charge in [0.15, 0.2) is 0 Å². The van der Waals surface area contributed by atoms with Crippen LogP contribution in [0.5, 0.6) is 0 Å². The number of ether oxygens (including phenoxy) is 1. The van der Waals surface area contributed by atoms with Crippen molar-refractivity contribution in [3.8, 4) is 11.1 Å². The number of rotatable bonds is 6. The summed E-state index contributed by atoms with van der Waals surface area (Å²) in [6, 6.07) is 22.1. The molecule has 2 heterocycles. The Kier molecular flexibility index (Phi) is 6.68. The first-order valence-electron chi connectivity index (χ1n) is 11.7. The number of amides is 1. The number of benzene rings is 3. The molecule has 7 nitrogen and oxygen atoms in total. The minimum absolute atomic E-state index is 0.156. The highest BCUT2D eigenvalue weighted by Gasteiger charge is 2.12. The van der Waals surface area contributed by atoms with Crippen LogP contribution >= 0.6 is 0 Å². The van der Waals surface area contributed by atoms with Crippen molar-refractivity contribution in [1.82, 2.24) is 9.97 Å². The number of carbonyl (C=O) groups is 1. The van der Waals surface area contributed by atoms with Gasteiger partial charge in [0.1, 0.15) is 0 Å². The molecule has 0 unspecified atom stereocenters. The van der Waals surface area contributed by atoms with Crippen molar-refractivity contribution in [3.63, 3.8) is 0 Å². The fraction of sp³-hybridized carbons (Fsp3) is 0.179. The number of para-hydroxylation sites is 1. The molecule has 0 radical (unpaired) electrons. The van der Waals surface area contributed by atoms with Crippen LogP contribution in [-0.2, 0) is 9.53 Å². The van der Waals surface area contributed by atoms with Crippen molar-refractivity contribution in [2.75, 3.05) is 41.8 Å². The van der Waals surface area contributed by atoms with Gasteiger partial charge in [-0.25, -0.2) is 9.97 Å². The van der Waals surface area contributed by atoms with E-state index < -0.39 is 0 Å². The van der Waals surface area contributed by atoms with Gasteiger partial charge >= 0.3 is 0 Å². The van der Waals surface area contributed by atoms with E-state index in [0.717, 1.165) is 59.7 Å². The van der Waals surface area contributed by atoms with Gasteiger partial charge in [0.25, 0.3) is 0 Å². The first-order chi connectivity index (χ1) is 17.2. The van der Waals surface area contributed by atoms with E-state index in [2.05, 4.69) is 32.7 Å². The Morgan fingerprint density at radius 2 is 1.80 bits per heavy atom. The van der Waals surface area contributed by atoms with Crippen LogP contribution in [0.25, 0.3) is 22.0 Å². The van der Waals surface area contributed by atoms with E-state index in [0.29, 0.717) is 5.95 Å². The third-order valence-electron chi connectivity index (χ3n) is 5.87. The summed E-state index contributed by atoms with van der Waals surface area (Å²) < 4.78 is 5.44. The third kappa shape index (κ3) is 5.31. The Labute approximate surface area is 204 Å². The lowest BCUT2D eigenvalue weighted by Gasteiger charge is -2.28. The molecule has 0 atom stereocenters. The molecule has 2 N–H and O–H groups in total. The predicted molar refractivity (Wildman–Crippen MR) is 141 cm³/mol. The number of hydrogen-bond donors (Lipinski definition) is 2. The standard InChI is InChI=1S/C28H27N5O2/c1-2-5-26(34)30-23-8-3-6-20(18-23)25-9-4-7-21-19-29-28(32-27(21)25)31-22-10-12-24(13-11-22)33-14-16-35-17-15-33/h2-13,18-19H,14-17H2,1H3,(H,30,34)(H,29,31,32). The van der Waals surface area contributed by atoms with Crippen molar-refractivity contribution in [3.05, 3.63) is 85.1 Å². The fourth-order valence-corrected chi connectivity index (χ4v) is 4.15. The van der Waals surface area contributed by atoms with Gasteiger partial charge in [-0.3, -0.25) is 4.79 Å². The second-order valence-corrected chi connectivity index (χ2v) is 8.28. The minimum atomic E-state index is -0.156. The Morgan fingerprint density at radius 1 is 1.00 bits per heavy atom. The number of carbonyl (C=O) groups excluding carboxylic acids is 1. The molecule has 1 aliphatic rings. The smallest absolute Gasteiger partial charge is 0.248 e. The van der Waals surface area contributed by atoms with E-state index in [9.17, 15) is 4.79 Å². The van der Waals surface area contributed by atoms with Gasteiger partial charge in [0.2, 0.25) is 11.9 Å². The summed E-state index contributed by atoms with van der Waals surface area (Å²) in [6.45, 7) is 5.15. The normalized spacial score (nSPS) is 13.8. The van der Waals surface area contributed by atoms with Gasteiger partial charge in [-0.15, -0.1) is 0 Å². The monoisotopic (exact) mass is 465 g/mol. The first kappa shape index (κ1) is 22.6. The van der Waals surface area contributed by atoms with Crippen molar-refractivity contribution in [2.45, 2.75) is 6.92 Å². The van der Waals surface area contributed by atoms with Gasteiger partial charge in [-0.05, 0) is 55.0 Å². The SMILES string of the molecule is CC=CC(=O)Nc1cccc(-c2cccc3cnc(Nc4ccc(N5CCOCC5)cc4)nc23)c1. The highest BCUT2D eigenvalue weighted by atomic mass is 16.5. The molecular weight excluding hydrogens is 438 g/mol. The van der Waals surface area contributed by atoms with E-state index in [-0.39, 0.29) is 5.91 Å². The molecule has 5 rings (SSSR count). The van der Waals surface area contributed by atoms with E-state index in [1.165, 1.54) is 11.8 Å². The lowest BCUT2D eigenvalue weighted by molar-refractivity contribution is -0.111. The number of allylic oxidation sites excluding steroid dienone is 1. The summed E-state index contributed by atoms with van der Waals surface area (Å²) in [6.07, 6.45) is 5.04. The molecule has 0 aliphatic carbocycles. The maximum Gasteiger partial charge on any atom is 0.248 e. The average molecular weight is 466 g/mol. The van der Waals surface area contributed by atoms with Crippen LogP contribution in [-0.4, -0.2) is 42.2 Å². The van der Waals surface area contributed by atoms with E-state index >= 15 is 0 Å². The number of anilines is 4. The maximum absolute atomic E-state index is 12.0. The zero-order valence-electron chi connectivity index (χ0n) is 19.6. The van der Waals surface area contributed by atoms with Crippen molar-refractivity contribution in [1.29, 1.82) is 0 Å². The molecule has 1 aliphatic heterocycles. The second kappa shape index (κ2) is 10.4. The number of fused-ring (bicyclic) bond motifs is 1. The summed E-state index contributed by atoms with van der Waals surface area (Å²) in [7, 11) is 0. The molecule has 1 saturated heterocycles. The molecular formula is C28H27N5O2. The van der Waals surface area contributed by atoms with Crippen LogP contribution in [0.2, 0.25) is 0 Å². The quantitative estimate of drug-likeness (QED) is 0.372. The summed E-state index contributed by atoms with van der Waals surface area (Å²) in [4.78, 5) is 23.6. The van der Waals surface area contributed by atoms with Crippen LogP contribution in [0.15, 0.2) is 85.1 Å². The molecule has 7 heteroatoms. The largest absolute Gasteiger partial charge is 0.378 e. The van der Waals surface area contributed by atoms with Gasteiger partial charge in [0.05, 0.1) is 18.7 Å². The molecule has 3 aromatic carbocycles. The molecule has 35 heavy (non-hydrogen) atoms. The lowest BCUT2D eigenvalue weighted by Crippen LogP contribution is -2.36. The van der Waals surface area contributed by atoms with Gasteiger partial charge in [-0.2, -0.15) is 0 Å². The fourth-order valence-electron chi connectivity index (χ4n) is 4.15. The lowest BCUT2D eigenvalue weighted by atomic mass is 10.0. The Morgan fingerprint density at radius 3 is 2.60 bits per heavy atom. The predicted octanol–water partition coefficient (Wildman–Crippen LogP) is 5.39. The van der Waals surface area contributed by atoms with Crippen LogP contribution in [0.3, 0.4) is 0 Å². The summed E-state index contributed by atoms with van der Waals surface area (Å²) in [5, 5.41) is 7.16. The maximum atomic E-state index is 12.0. The molecule has 1 fully saturated rings. The highest BCUT2D eigenvalue weighted by Crippen LogP contribution is 2.30. The van der Waals surface area contributed by atoms with Crippen molar-refractivity contribution in [2.24, 2.45) is 0 Å². The highest BCUT2D eigenvalue weighted by molar-refractivity contribution is 6.00. The van der Waals surface area contributed by atoms with Crippen LogP contribution < -0.4 is 15.5 Å². The van der Waals surface area contributed by atoms with Gasteiger partial charge in [-0.1, -0.05) is 36.4 Å². The van der Waals surface area contributed by atoms with E-state index in [1.54, 1.807) is 6.08 Å². The average Bonchev–Trinajstić information content (AvgIpc) is 2.89.